The molecule has 40 heavy (non-hydrogen) atoms. The van der Waals surface area contributed by atoms with E-state index < -0.39 is 23.2 Å². The molecule has 8 heteroatoms. The number of piperidine rings is 1. The van der Waals surface area contributed by atoms with Crippen LogP contribution in [0.5, 0.6) is 11.5 Å². The minimum absolute atomic E-state index is 0.0590. The van der Waals surface area contributed by atoms with Crippen LogP contribution < -0.4 is 14.8 Å². The first kappa shape index (κ1) is 29.7. The number of aliphatic hydroxyl groups is 1. The molecular formula is C32H44N2O6. The Bertz CT molecular complexity index is 1130. The van der Waals surface area contributed by atoms with Gasteiger partial charge >= 0.3 is 6.09 Å². The summed E-state index contributed by atoms with van der Waals surface area (Å²) in [4.78, 5) is 28.2. The molecule has 1 atom stereocenters. The molecule has 2 aliphatic rings. The summed E-state index contributed by atoms with van der Waals surface area (Å²) in [6, 6.07) is 15.4. The van der Waals surface area contributed by atoms with Crippen LogP contribution in [0.4, 0.5) is 4.79 Å². The third kappa shape index (κ3) is 7.68. The highest BCUT2D eigenvalue weighted by atomic mass is 16.6. The fourth-order valence-electron chi connectivity index (χ4n) is 5.75. The second-order valence-corrected chi connectivity index (χ2v) is 12.0. The van der Waals surface area contributed by atoms with E-state index in [9.17, 15) is 14.7 Å². The molecule has 0 aromatic heterocycles. The zero-order chi connectivity index (χ0) is 28.8. The van der Waals surface area contributed by atoms with E-state index in [-0.39, 0.29) is 11.9 Å². The molecule has 2 amide bonds. The normalized spacial score (nSPS) is 18.5. The van der Waals surface area contributed by atoms with Gasteiger partial charge in [-0.1, -0.05) is 55.7 Å². The molecule has 0 radical (unpaired) electrons. The Morgan fingerprint density at radius 3 is 2.33 bits per heavy atom. The Balaban J connectivity index is 1.50. The van der Waals surface area contributed by atoms with Crippen LogP contribution in [0.1, 0.15) is 82.8 Å². The van der Waals surface area contributed by atoms with Gasteiger partial charge in [0.15, 0.2) is 11.5 Å². The lowest BCUT2D eigenvalue weighted by Gasteiger charge is -2.42. The predicted molar refractivity (Wildman–Crippen MR) is 154 cm³/mol. The fraction of sp³-hybridized carbons (Fsp3) is 0.562. The van der Waals surface area contributed by atoms with Crippen molar-refractivity contribution in [3.05, 3.63) is 59.7 Å². The molecule has 1 aliphatic heterocycles. The van der Waals surface area contributed by atoms with Gasteiger partial charge in [-0.25, -0.2) is 4.79 Å². The van der Waals surface area contributed by atoms with Gasteiger partial charge in [0.25, 0.3) is 0 Å². The maximum Gasteiger partial charge on any atom is 0.407 e. The third-order valence-electron chi connectivity index (χ3n) is 7.79. The lowest BCUT2D eigenvalue weighted by molar-refractivity contribution is -0.142. The molecular weight excluding hydrogens is 508 g/mol. The van der Waals surface area contributed by atoms with E-state index in [0.29, 0.717) is 56.9 Å². The first-order chi connectivity index (χ1) is 19.1. The molecule has 1 unspecified atom stereocenters. The summed E-state index contributed by atoms with van der Waals surface area (Å²) in [6.07, 6.45) is 4.81. The van der Waals surface area contributed by atoms with Gasteiger partial charge in [-0.3, -0.25) is 4.79 Å². The molecule has 1 aliphatic carbocycles. The molecule has 1 heterocycles. The number of ether oxygens (including phenoxy) is 3. The van der Waals surface area contributed by atoms with E-state index >= 15 is 0 Å². The number of methoxy groups -OCH3 is 1. The highest BCUT2D eigenvalue weighted by Crippen LogP contribution is 2.43. The summed E-state index contributed by atoms with van der Waals surface area (Å²) in [5.41, 5.74) is 0.0837. The summed E-state index contributed by atoms with van der Waals surface area (Å²) in [5, 5.41) is 14.8. The van der Waals surface area contributed by atoms with Crippen molar-refractivity contribution in [2.24, 2.45) is 0 Å². The molecule has 0 spiro atoms. The Morgan fingerprint density at radius 2 is 1.70 bits per heavy atom. The molecule has 2 aromatic carbocycles. The first-order valence-corrected chi connectivity index (χ1v) is 14.4. The van der Waals surface area contributed by atoms with Crippen LogP contribution in [0.3, 0.4) is 0 Å². The van der Waals surface area contributed by atoms with Crippen LogP contribution in [0.15, 0.2) is 48.5 Å². The van der Waals surface area contributed by atoms with Crippen LogP contribution >= 0.6 is 0 Å². The van der Waals surface area contributed by atoms with Gasteiger partial charge in [0.2, 0.25) is 5.91 Å². The van der Waals surface area contributed by atoms with Gasteiger partial charge in [0.05, 0.1) is 18.6 Å². The zero-order valence-electron chi connectivity index (χ0n) is 24.3. The summed E-state index contributed by atoms with van der Waals surface area (Å²) in [5.74, 6) is 0.331. The minimum Gasteiger partial charge on any atom is -0.493 e. The number of carbonyl (C=O) groups is 2. The number of nitrogens with zero attached hydrogens (tertiary/aromatic N) is 1. The summed E-state index contributed by atoms with van der Waals surface area (Å²) in [6.45, 7) is 6.90. The Morgan fingerprint density at radius 1 is 1.02 bits per heavy atom. The molecule has 1 saturated heterocycles. The molecule has 8 nitrogen and oxygen atoms in total. The lowest BCUT2D eigenvalue weighted by Crippen LogP contribution is -2.52. The van der Waals surface area contributed by atoms with Crippen molar-refractivity contribution in [1.82, 2.24) is 10.2 Å². The van der Waals surface area contributed by atoms with Crippen LogP contribution in [-0.2, 0) is 16.1 Å². The molecule has 218 valence electrons. The van der Waals surface area contributed by atoms with Crippen LogP contribution in [0, 0.1) is 0 Å². The largest absolute Gasteiger partial charge is 0.493 e. The van der Waals surface area contributed by atoms with E-state index in [1.165, 1.54) is 0 Å². The number of nitrogens with one attached hydrogen (secondary N) is 1. The highest BCUT2D eigenvalue weighted by Gasteiger charge is 2.45. The van der Waals surface area contributed by atoms with Crippen LogP contribution in [0.25, 0.3) is 0 Å². The second-order valence-electron chi connectivity index (χ2n) is 12.0. The molecule has 1 saturated carbocycles. The van der Waals surface area contributed by atoms with Crippen LogP contribution in [0.2, 0.25) is 0 Å². The number of hydrogen-bond acceptors (Lipinski definition) is 6. The number of alkyl carbamates (subject to hydrolysis) is 1. The number of benzene rings is 2. The number of rotatable bonds is 8. The highest BCUT2D eigenvalue weighted by molar-refractivity contribution is 5.85. The number of hydrogen-bond donors (Lipinski definition) is 2. The van der Waals surface area contributed by atoms with E-state index in [1.807, 2.05) is 74.2 Å². The molecule has 2 fully saturated rings. The van der Waals surface area contributed by atoms with E-state index in [1.54, 1.807) is 7.11 Å². The van der Waals surface area contributed by atoms with Crippen molar-refractivity contribution < 1.29 is 28.9 Å². The number of carbonyl (C=O) groups excluding carboxylic acids is 2. The zero-order valence-corrected chi connectivity index (χ0v) is 24.3. The number of amides is 2. The van der Waals surface area contributed by atoms with Crippen LogP contribution in [-0.4, -0.2) is 59.5 Å². The van der Waals surface area contributed by atoms with E-state index in [0.717, 1.165) is 30.4 Å². The van der Waals surface area contributed by atoms with Crippen molar-refractivity contribution in [2.75, 3.05) is 20.2 Å². The predicted octanol–water partition coefficient (Wildman–Crippen LogP) is 5.57. The lowest BCUT2D eigenvalue weighted by atomic mass is 9.72. The summed E-state index contributed by atoms with van der Waals surface area (Å²) in [7, 11) is 1.59. The van der Waals surface area contributed by atoms with Gasteiger partial charge in [-0.2, -0.15) is 0 Å². The molecule has 2 aromatic rings. The monoisotopic (exact) mass is 552 g/mol. The van der Waals surface area contributed by atoms with E-state index in [2.05, 4.69) is 5.32 Å². The molecule has 2 N–H and O–H groups in total. The maximum absolute atomic E-state index is 14.1. The smallest absolute Gasteiger partial charge is 0.407 e. The van der Waals surface area contributed by atoms with E-state index in [4.69, 9.17) is 14.2 Å². The van der Waals surface area contributed by atoms with Crippen molar-refractivity contribution in [1.29, 1.82) is 0 Å². The van der Waals surface area contributed by atoms with Crippen molar-refractivity contribution >= 4 is 12.0 Å². The summed E-state index contributed by atoms with van der Waals surface area (Å²) >= 11 is 0. The Kier molecular flexibility index (Phi) is 9.61. The van der Waals surface area contributed by atoms with Crippen molar-refractivity contribution in [3.8, 4) is 11.5 Å². The van der Waals surface area contributed by atoms with Gasteiger partial charge in [-0.15, -0.1) is 0 Å². The average molecular weight is 553 g/mol. The molecule has 4 rings (SSSR count). The quantitative estimate of drug-likeness (QED) is 0.445. The van der Waals surface area contributed by atoms with Gasteiger partial charge in [0.1, 0.15) is 12.2 Å². The maximum atomic E-state index is 14.1. The SMILES string of the molecule is COc1cc(C(C(=O)N2CCC(NC(=O)OC(C)(C)C)CC2)C2(O)CCCCC2)ccc1OCc1ccccc1. The van der Waals surface area contributed by atoms with Crippen molar-refractivity contribution in [2.45, 2.75) is 95.5 Å². The Labute approximate surface area is 238 Å². The Hall–Kier alpha value is -3.26. The average Bonchev–Trinajstić information content (AvgIpc) is 2.92. The van der Waals surface area contributed by atoms with Gasteiger partial charge in [-0.05, 0) is 69.7 Å². The van der Waals surface area contributed by atoms with Gasteiger partial charge < -0.3 is 29.5 Å². The topological polar surface area (TPSA) is 97.3 Å². The molecule has 0 bridgehead atoms. The second kappa shape index (κ2) is 12.9. The van der Waals surface area contributed by atoms with Crippen molar-refractivity contribution in [3.63, 3.8) is 0 Å². The summed E-state index contributed by atoms with van der Waals surface area (Å²) < 4.78 is 17.1. The standard InChI is InChI=1S/C32H44N2O6/c1-31(2,3)40-30(36)33-25-15-19-34(20-16-25)29(35)28(32(37)17-9-6-10-18-32)24-13-14-26(27(21-24)38-4)39-22-23-11-7-5-8-12-23/h5,7-8,11-14,21,25,28,37H,6,9-10,15-20,22H2,1-4H3,(H,33,36). The third-order valence-corrected chi connectivity index (χ3v) is 7.79. The number of likely N-dealkylation sites (tertiary alicyclic amines) is 1. The first-order valence-electron chi connectivity index (χ1n) is 14.4. The van der Waals surface area contributed by atoms with Gasteiger partial charge in [0, 0.05) is 19.1 Å². The minimum atomic E-state index is -1.13. The fourth-order valence-corrected chi connectivity index (χ4v) is 5.75.